The van der Waals surface area contributed by atoms with Gasteiger partial charge in [-0.3, -0.25) is 4.79 Å². The van der Waals surface area contributed by atoms with Crippen molar-refractivity contribution in [2.75, 3.05) is 39.0 Å². The normalized spacial score (nSPS) is 16.7. The summed E-state index contributed by atoms with van der Waals surface area (Å²) in [6.07, 6.45) is 2.49. The highest BCUT2D eigenvalue weighted by Crippen LogP contribution is 2.23. The van der Waals surface area contributed by atoms with E-state index in [2.05, 4.69) is 17.1 Å². The van der Waals surface area contributed by atoms with Crippen LogP contribution in [0.4, 0.5) is 5.69 Å². The largest absolute Gasteiger partial charge is 0.496 e. The fraction of sp³-hybridized carbons (Fsp3) is 0.562. The van der Waals surface area contributed by atoms with Crippen molar-refractivity contribution < 1.29 is 9.53 Å². The number of hydrogen-bond acceptors (Lipinski definition) is 4. The summed E-state index contributed by atoms with van der Waals surface area (Å²) in [6.45, 7) is 6.05. The van der Waals surface area contributed by atoms with Crippen LogP contribution in [0.15, 0.2) is 18.2 Å². The highest BCUT2D eigenvalue weighted by Gasteiger charge is 2.17. The van der Waals surface area contributed by atoms with E-state index in [0.29, 0.717) is 23.5 Å². The minimum Gasteiger partial charge on any atom is -0.496 e. The van der Waals surface area contributed by atoms with Gasteiger partial charge in [-0.05, 0) is 44.0 Å². The van der Waals surface area contributed by atoms with Crippen LogP contribution in [0.3, 0.4) is 0 Å². The van der Waals surface area contributed by atoms with Crippen molar-refractivity contribution in [3.8, 4) is 5.75 Å². The summed E-state index contributed by atoms with van der Waals surface area (Å²) in [5, 5.41) is 2.93. The van der Waals surface area contributed by atoms with E-state index in [9.17, 15) is 4.79 Å². The molecule has 1 fully saturated rings. The summed E-state index contributed by atoms with van der Waals surface area (Å²) in [7, 11) is 1.54. The molecule has 0 unspecified atom stereocenters. The predicted molar refractivity (Wildman–Crippen MR) is 84.6 cm³/mol. The molecule has 1 heterocycles. The molecule has 1 saturated heterocycles. The molecule has 2 rings (SSSR count). The number of carbonyl (C=O) groups excluding carboxylic acids is 1. The van der Waals surface area contributed by atoms with E-state index in [0.717, 1.165) is 25.6 Å². The smallest absolute Gasteiger partial charge is 0.257 e. The molecule has 1 amide bonds. The molecule has 1 aliphatic rings. The first-order chi connectivity index (χ1) is 10.1. The number of rotatable bonds is 5. The van der Waals surface area contributed by atoms with Crippen molar-refractivity contribution in [2.24, 2.45) is 5.92 Å². The molecule has 1 aromatic rings. The Bertz CT molecular complexity index is 482. The third-order valence-corrected chi connectivity index (χ3v) is 4.10. The van der Waals surface area contributed by atoms with Gasteiger partial charge in [0.05, 0.1) is 7.11 Å². The molecule has 0 aromatic heterocycles. The lowest BCUT2D eigenvalue weighted by atomic mass is 9.99. The molecule has 3 N–H and O–H groups in total. The Labute approximate surface area is 126 Å². The van der Waals surface area contributed by atoms with Crippen LogP contribution in [-0.2, 0) is 0 Å². The number of nitrogen functional groups attached to an aromatic ring is 1. The second-order valence-corrected chi connectivity index (χ2v) is 5.70. The Morgan fingerprint density at radius 2 is 2.14 bits per heavy atom. The van der Waals surface area contributed by atoms with Crippen LogP contribution in [0.2, 0.25) is 0 Å². The van der Waals surface area contributed by atoms with Crippen molar-refractivity contribution in [3.63, 3.8) is 0 Å². The van der Waals surface area contributed by atoms with Gasteiger partial charge in [0.1, 0.15) is 11.3 Å². The Hall–Kier alpha value is -1.75. The maximum Gasteiger partial charge on any atom is 0.257 e. The van der Waals surface area contributed by atoms with E-state index < -0.39 is 0 Å². The zero-order chi connectivity index (χ0) is 15.2. The van der Waals surface area contributed by atoms with Gasteiger partial charge in [-0.1, -0.05) is 13.0 Å². The number of nitrogens with one attached hydrogen (secondary N) is 1. The molecule has 0 aliphatic carbocycles. The first-order valence-corrected chi connectivity index (χ1v) is 7.55. The molecule has 0 atom stereocenters. The number of anilines is 1. The zero-order valence-corrected chi connectivity index (χ0v) is 12.9. The molecule has 0 saturated carbocycles. The quantitative estimate of drug-likeness (QED) is 0.811. The number of benzene rings is 1. The van der Waals surface area contributed by atoms with Crippen LogP contribution < -0.4 is 15.8 Å². The minimum atomic E-state index is -0.171. The number of ether oxygens (including phenoxy) is 1. The van der Waals surface area contributed by atoms with Crippen LogP contribution >= 0.6 is 0 Å². The molecular formula is C16H25N3O2. The van der Waals surface area contributed by atoms with Gasteiger partial charge >= 0.3 is 0 Å². The Kier molecular flexibility index (Phi) is 5.44. The van der Waals surface area contributed by atoms with Gasteiger partial charge in [0.25, 0.3) is 5.91 Å². The molecule has 1 aromatic carbocycles. The average Bonchev–Trinajstić information content (AvgIpc) is 2.48. The van der Waals surface area contributed by atoms with E-state index in [1.54, 1.807) is 25.3 Å². The van der Waals surface area contributed by atoms with Crippen LogP contribution in [0.25, 0.3) is 0 Å². The summed E-state index contributed by atoms with van der Waals surface area (Å²) < 4.78 is 5.20. The van der Waals surface area contributed by atoms with Gasteiger partial charge < -0.3 is 20.7 Å². The Morgan fingerprint density at radius 1 is 1.43 bits per heavy atom. The molecular weight excluding hydrogens is 266 g/mol. The SMILES string of the molecule is COc1cccc(N)c1C(=O)NCCN1CCC(C)CC1. The fourth-order valence-corrected chi connectivity index (χ4v) is 2.66. The summed E-state index contributed by atoms with van der Waals surface area (Å²) in [4.78, 5) is 14.6. The van der Waals surface area contributed by atoms with Crippen LogP contribution in [-0.4, -0.2) is 44.1 Å². The molecule has 21 heavy (non-hydrogen) atoms. The first kappa shape index (κ1) is 15.6. The van der Waals surface area contributed by atoms with E-state index in [1.165, 1.54) is 12.8 Å². The molecule has 116 valence electrons. The van der Waals surface area contributed by atoms with Crippen molar-refractivity contribution in [3.05, 3.63) is 23.8 Å². The summed E-state index contributed by atoms with van der Waals surface area (Å²) >= 11 is 0. The van der Waals surface area contributed by atoms with E-state index in [4.69, 9.17) is 10.5 Å². The van der Waals surface area contributed by atoms with Gasteiger partial charge in [-0.15, -0.1) is 0 Å². The Morgan fingerprint density at radius 3 is 2.81 bits per heavy atom. The molecule has 5 nitrogen and oxygen atoms in total. The maximum atomic E-state index is 12.2. The summed E-state index contributed by atoms with van der Waals surface area (Å²) in [5.74, 6) is 1.17. The second-order valence-electron chi connectivity index (χ2n) is 5.70. The zero-order valence-electron chi connectivity index (χ0n) is 12.9. The van der Waals surface area contributed by atoms with Crippen LogP contribution in [0, 0.1) is 5.92 Å². The van der Waals surface area contributed by atoms with E-state index in [1.807, 2.05) is 0 Å². The molecule has 5 heteroatoms. The number of amides is 1. The van der Waals surface area contributed by atoms with Gasteiger partial charge in [-0.2, -0.15) is 0 Å². The number of hydrogen-bond donors (Lipinski definition) is 2. The van der Waals surface area contributed by atoms with Gasteiger partial charge in [0, 0.05) is 18.8 Å². The lowest BCUT2D eigenvalue weighted by Gasteiger charge is -2.30. The fourth-order valence-electron chi connectivity index (χ4n) is 2.66. The highest BCUT2D eigenvalue weighted by atomic mass is 16.5. The number of nitrogens with two attached hydrogens (primary N) is 1. The van der Waals surface area contributed by atoms with Crippen molar-refractivity contribution >= 4 is 11.6 Å². The third kappa shape index (κ3) is 4.11. The Balaban J connectivity index is 1.85. The minimum absolute atomic E-state index is 0.171. The first-order valence-electron chi connectivity index (χ1n) is 7.55. The highest BCUT2D eigenvalue weighted by molar-refractivity contribution is 6.01. The molecule has 1 aliphatic heterocycles. The van der Waals surface area contributed by atoms with Crippen molar-refractivity contribution in [2.45, 2.75) is 19.8 Å². The monoisotopic (exact) mass is 291 g/mol. The summed E-state index contributed by atoms with van der Waals surface area (Å²) in [5.41, 5.74) is 6.74. The average molecular weight is 291 g/mol. The molecule has 0 spiro atoms. The summed E-state index contributed by atoms with van der Waals surface area (Å²) in [6, 6.07) is 5.24. The van der Waals surface area contributed by atoms with Crippen molar-refractivity contribution in [1.29, 1.82) is 0 Å². The van der Waals surface area contributed by atoms with Crippen molar-refractivity contribution in [1.82, 2.24) is 10.2 Å². The second kappa shape index (κ2) is 7.31. The van der Waals surface area contributed by atoms with E-state index in [-0.39, 0.29) is 5.91 Å². The number of methoxy groups -OCH3 is 1. The van der Waals surface area contributed by atoms with Gasteiger partial charge in [-0.25, -0.2) is 0 Å². The third-order valence-electron chi connectivity index (χ3n) is 4.10. The standard InChI is InChI=1S/C16H25N3O2/c1-12-6-9-19(10-7-12)11-8-18-16(20)15-13(17)4-3-5-14(15)21-2/h3-5,12H,6-11,17H2,1-2H3,(H,18,20). The van der Waals surface area contributed by atoms with Gasteiger partial charge in [0.15, 0.2) is 0 Å². The van der Waals surface area contributed by atoms with Gasteiger partial charge in [0.2, 0.25) is 0 Å². The molecule has 0 radical (unpaired) electrons. The van der Waals surface area contributed by atoms with Crippen LogP contribution in [0.1, 0.15) is 30.1 Å². The topological polar surface area (TPSA) is 67.6 Å². The van der Waals surface area contributed by atoms with Crippen LogP contribution in [0.5, 0.6) is 5.75 Å². The number of nitrogens with zero attached hydrogens (tertiary/aromatic N) is 1. The lowest BCUT2D eigenvalue weighted by Crippen LogP contribution is -2.39. The van der Waals surface area contributed by atoms with E-state index >= 15 is 0 Å². The lowest BCUT2D eigenvalue weighted by molar-refractivity contribution is 0.0942. The number of carbonyl (C=O) groups is 1. The predicted octanol–water partition coefficient (Wildman–Crippen LogP) is 1.74. The number of likely N-dealkylation sites (tertiary alicyclic amines) is 1. The number of piperidine rings is 1. The maximum absolute atomic E-state index is 12.2. The molecule has 0 bridgehead atoms.